The summed E-state index contributed by atoms with van der Waals surface area (Å²) >= 11 is 6.00. The van der Waals surface area contributed by atoms with E-state index in [2.05, 4.69) is 25.1 Å². The van der Waals surface area contributed by atoms with Gasteiger partial charge in [-0.15, -0.1) is 0 Å². The van der Waals surface area contributed by atoms with Crippen LogP contribution in [-0.2, 0) is 0 Å². The molecule has 14 heavy (non-hydrogen) atoms. The summed E-state index contributed by atoms with van der Waals surface area (Å²) < 4.78 is 0. The van der Waals surface area contributed by atoms with Crippen LogP contribution in [0.1, 0.15) is 5.56 Å². The van der Waals surface area contributed by atoms with Crippen molar-refractivity contribution in [2.24, 2.45) is 0 Å². The summed E-state index contributed by atoms with van der Waals surface area (Å²) in [4.78, 5) is 0. The summed E-state index contributed by atoms with van der Waals surface area (Å²) in [6.07, 6.45) is 0. The summed E-state index contributed by atoms with van der Waals surface area (Å²) in [5, 5.41) is 0.795. The van der Waals surface area contributed by atoms with Crippen LogP contribution in [0.5, 0.6) is 0 Å². The summed E-state index contributed by atoms with van der Waals surface area (Å²) in [6, 6.07) is 16.4. The average molecular weight is 203 g/mol. The van der Waals surface area contributed by atoms with Gasteiger partial charge in [-0.3, -0.25) is 0 Å². The van der Waals surface area contributed by atoms with Crippen molar-refractivity contribution in [1.29, 1.82) is 0 Å². The van der Waals surface area contributed by atoms with Crippen molar-refractivity contribution in [2.75, 3.05) is 0 Å². The Morgan fingerprint density at radius 2 is 1.57 bits per heavy atom. The number of hydrogen-bond donors (Lipinski definition) is 0. The first-order chi connectivity index (χ1) is 6.75. The zero-order valence-electron chi connectivity index (χ0n) is 8.00. The van der Waals surface area contributed by atoms with Crippen LogP contribution in [0.25, 0.3) is 11.1 Å². The highest BCUT2D eigenvalue weighted by Gasteiger charge is 1.98. The molecule has 1 heteroatoms. The van der Waals surface area contributed by atoms with Crippen LogP contribution in [0.15, 0.2) is 48.5 Å². The van der Waals surface area contributed by atoms with Crippen LogP contribution in [-0.4, -0.2) is 0 Å². The van der Waals surface area contributed by atoms with Crippen molar-refractivity contribution in [3.8, 4) is 11.1 Å². The molecule has 0 aliphatic heterocycles. The minimum Gasteiger partial charge on any atom is -0.0843 e. The third-order valence-electron chi connectivity index (χ3n) is 2.15. The minimum atomic E-state index is 0.795. The van der Waals surface area contributed by atoms with Gasteiger partial charge in [-0.25, -0.2) is 0 Å². The van der Waals surface area contributed by atoms with Gasteiger partial charge in [-0.2, -0.15) is 0 Å². The molecule has 0 radical (unpaired) electrons. The van der Waals surface area contributed by atoms with Crippen molar-refractivity contribution < 1.29 is 0 Å². The van der Waals surface area contributed by atoms with E-state index in [-0.39, 0.29) is 0 Å². The van der Waals surface area contributed by atoms with E-state index in [0.717, 1.165) is 5.02 Å². The molecule has 0 nitrogen and oxygen atoms in total. The molecule has 2 aromatic carbocycles. The van der Waals surface area contributed by atoms with E-state index in [4.69, 9.17) is 11.6 Å². The molecule has 0 amide bonds. The third kappa shape index (κ3) is 1.97. The molecular weight excluding hydrogens is 192 g/mol. The van der Waals surface area contributed by atoms with Gasteiger partial charge in [0.25, 0.3) is 0 Å². The molecule has 0 atom stereocenters. The molecule has 0 unspecified atom stereocenters. The van der Waals surface area contributed by atoms with Gasteiger partial charge in [0.15, 0.2) is 0 Å². The van der Waals surface area contributed by atoms with E-state index in [1.165, 1.54) is 16.7 Å². The number of benzene rings is 2. The molecule has 70 valence electrons. The Bertz CT molecular complexity index is 412. The summed E-state index contributed by atoms with van der Waals surface area (Å²) in [5.41, 5.74) is 3.57. The number of hydrogen-bond acceptors (Lipinski definition) is 0. The highest BCUT2D eigenvalue weighted by molar-refractivity contribution is 6.30. The van der Waals surface area contributed by atoms with Crippen LogP contribution in [0, 0.1) is 6.92 Å². The molecule has 2 aromatic rings. The van der Waals surface area contributed by atoms with Gasteiger partial charge in [-0.1, -0.05) is 48.0 Å². The van der Waals surface area contributed by atoms with E-state index < -0.39 is 0 Å². The van der Waals surface area contributed by atoms with Gasteiger partial charge in [0.05, 0.1) is 0 Å². The van der Waals surface area contributed by atoms with E-state index in [1.54, 1.807) is 0 Å². The predicted octanol–water partition coefficient (Wildman–Crippen LogP) is 4.32. The fraction of sp³-hybridized carbons (Fsp3) is 0.0769. The first-order valence-electron chi connectivity index (χ1n) is 4.58. The number of halogens is 1. The second-order valence-corrected chi connectivity index (χ2v) is 3.82. The van der Waals surface area contributed by atoms with Crippen molar-refractivity contribution in [3.63, 3.8) is 0 Å². The van der Waals surface area contributed by atoms with E-state index in [9.17, 15) is 0 Å². The zero-order valence-corrected chi connectivity index (χ0v) is 8.75. The van der Waals surface area contributed by atoms with E-state index in [0.29, 0.717) is 0 Å². The molecule has 0 fully saturated rings. The Kier molecular flexibility index (Phi) is 2.55. The molecular formula is C13H11Cl. The number of aryl methyl sites for hydroxylation is 1. The van der Waals surface area contributed by atoms with Crippen LogP contribution in [0.3, 0.4) is 0 Å². The van der Waals surface area contributed by atoms with Crippen molar-refractivity contribution >= 4 is 11.6 Å². The maximum absolute atomic E-state index is 6.00. The molecule has 0 aromatic heterocycles. The fourth-order valence-electron chi connectivity index (χ4n) is 1.53. The summed E-state index contributed by atoms with van der Waals surface area (Å²) in [7, 11) is 0. The maximum atomic E-state index is 6.00. The minimum absolute atomic E-state index is 0.795. The zero-order chi connectivity index (χ0) is 9.97. The third-order valence-corrected chi connectivity index (χ3v) is 2.37. The van der Waals surface area contributed by atoms with Gasteiger partial charge in [0, 0.05) is 5.02 Å². The molecule has 2 rings (SSSR count). The van der Waals surface area contributed by atoms with Crippen molar-refractivity contribution in [3.05, 3.63) is 59.1 Å². The van der Waals surface area contributed by atoms with Crippen LogP contribution >= 0.6 is 11.6 Å². The van der Waals surface area contributed by atoms with Crippen molar-refractivity contribution in [2.45, 2.75) is 6.92 Å². The standard InChI is InChI=1S/C13H11Cl/c1-10-7-12(9-13(14)8-10)11-5-3-2-4-6-11/h2-9H,1H3. The van der Waals surface area contributed by atoms with Crippen LogP contribution in [0.2, 0.25) is 5.02 Å². The quantitative estimate of drug-likeness (QED) is 0.646. The van der Waals surface area contributed by atoms with Gasteiger partial charge in [0.1, 0.15) is 0 Å². The molecule has 0 spiro atoms. The van der Waals surface area contributed by atoms with E-state index in [1.807, 2.05) is 30.3 Å². The molecule has 0 aliphatic carbocycles. The normalized spacial score (nSPS) is 10.1. The molecule has 0 heterocycles. The first-order valence-corrected chi connectivity index (χ1v) is 4.96. The Labute approximate surface area is 89.2 Å². The fourth-order valence-corrected chi connectivity index (χ4v) is 1.82. The molecule has 0 aliphatic rings. The monoisotopic (exact) mass is 202 g/mol. The second-order valence-electron chi connectivity index (χ2n) is 3.38. The predicted molar refractivity (Wildman–Crippen MR) is 61.6 cm³/mol. The molecule has 0 bridgehead atoms. The Hall–Kier alpha value is -1.27. The topological polar surface area (TPSA) is 0 Å². The number of rotatable bonds is 1. The van der Waals surface area contributed by atoms with Crippen molar-refractivity contribution in [1.82, 2.24) is 0 Å². The lowest BCUT2D eigenvalue weighted by atomic mass is 10.0. The van der Waals surface area contributed by atoms with Crippen LogP contribution in [0.4, 0.5) is 0 Å². The van der Waals surface area contributed by atoms with Gasteiger partial charge in [-0.05, 0) is 35.7 Å². The summed E-state index contributed by atoms with van der Waals surface area (Å²) in [5.74, 6) is 0. The first kappa shape index (κ1) is 9.29. The van der Waals surface area contributed by atoms with Gasteiger partial charge < -0.3 is 0 Å². The Balaban J connectivity index is 2.52. The van der Waals surface area contributed by atoms with Gasteiger partial charge >= 0.3 is 0 Å². The van der Waals surface area contributed by atoms with Crippen LogP contribution < -0.4 is 0 Å². The molecule has 0 N–H and O–H groups in total. The maximum Gasteiger partial charge on any atom is 0.0414 e. The summed E-state index contributed by atoms with van der Waals surface area (Å²) in [6.45, 7) is 2.05. The van der Waals surface area contributed by atoms with Gasteiger partial charge in [0.2, 0.25) is 0 Å². The average Bonchev–Trinajstić information content (AvgIpc) is 2.18. The Morgan fingerprint density at radius 3 is 2.21 bits per heavy atom. The highest BCUT2D eigenvalue weighted by Crippen LogP contribution is 2.24. The molecule has 0 saturated heterocycles. The van der Waals surface area contributed by atoms with E-state index >= 15 is 0 Å². The molecule has 0 saturated carbocycles. The lowest BCUT2D eigenvalue weighted by Crippen LogP contribution is -1.79. The lowest BCUT2D eigenvalue weighted by Gasteiger charge is -2.03. The highest BCUT2D eigenvalue weighted by atomic mass is 35.5. The largest absolute Gasteiger partial charge is 0.0843 e. The smallest absolute Gasteiger partial charge is 0.0414 e. The Morgan fingerprint density at radius 1 is 0.857 bits per heavy atom. The second kappa shape index (κ2) is 3.85. The SMILES string of the molecule is Cc1cc(Cl)cc(-c2ccccc2)c1. The lowest BCUT2D eigenvalue weighted by molar-refractivity contribution is 1.47.